The summed E-state index contributed by atoms with van der Waals surface area (Å²) < 4.78 is 20.9. The van der Waals surface area contributed by atoms with Gasteiger partial charge in [0.1, 0.15) is 6.26 Å². The summed E-state index contributed by atoms with van der Waals surface area (Å²) in [5.74, 6) is 1.05. The molecule has 0 atom stereocenters. The van der Waals surface area contributed by atoms with Gasteiger partial charge in [0.25, 0.3) is 5.91 Å². The zero-order valence-electron chi connectivity index (χ0n) is 17.8. The van der Waals surface area contributed by atoms with Crippen molar-refractivity contribution in [2.24, 2.45) is 0 Å². The van der Waals surface area contributed by atoms with Crippen molar-refractivity contribution in [3.05, 3.63) is 46.9 Å². The van der Waals surface area contributed by atoms with Crippen LogP contribution in [0.1, 0.15) is 20.9 Å². The highest BCUT2D eigenvalue weighted by Gasteiger charge is 2.25. The molecule has 0 aliphatic carbocycles. The topological polar surface area (TPSA) is 115 Å². The van der Waals surface area contributed by atoms with Crippen LogP contribution in [0.25, 0.3) is 0 Å². The smallest absolute Gasteiger partial charge is 0.322 e. The van der Waals surface area contributed by atoms with Gasteiger partial charge in [-0.25, -0.2) is 9.78 Å². The number of amides is 3. The normalized spacial score (nSPS) is 12.7. The first-order chi connectivity index (χ1) is 15.5. The van der Waals surface area contributed by atoms with Crippen molar-refractivity contribution in [1.82, 2.24) is 9.88 Å². The molecular formula is C21H22N4O6S. The fourth-order valence-electron chi connectivity index (χ4n) is 3.34. The van der Waals surface area contributed by atoms with Crippen LogP contribution in [0.4, 0.5) is 15.6 Å². The molecule has 11 heteroatoms. The molecule has 0 saturated heterocycles. The fraction of sp³-hybridized carbons (Fsp3) is 0.286. The number of urea groups is 1. The number of aromatic nitrogens is 1. The number of thiazole rings is 1. The summed E-state index contributed by atoms with van der Waals surface area (Å²) in [4.78, 5) is 32.2. The maximum atomic E-state index is 12.9. The predicted octanol–water partition coefficient (Wildman–Crippen LogP) is 3.60. The quantitative estimate of drug-likeness (QED) is 0.580. The van der Waals surface area contributed by atoms with Gasteiger partial charge in [-0.2, -0.15) is 0 Å². The Morgan fingerprint density at radius 1 is 1.12 bits per heavy atom. The number of furan rings is 1. The van der Waals surface area contributed by atoms with Crippen molar-refractivity contribution in [1.29, 1.82) is 0 Å². The lowest BCUT2D eigenvalue weighted by atomic mass is 10.2. The number of benzene rings is 1. The first-order valence-corrected chi connectivity index (χ1v) is 10.5. The standard InChI is InChI=1S/C21H22N4O6S/c1-28-15-8-13(9-16(29-2)18(15)30-3)22-21(27)25-6-4-14-17(10-25)32-20(23-14)24-19(26)12-5-7-31-11-12/h5,7-9,11H,4,6,10H2,1-3H3,(H,22,27)(H,23,24,26). The number of nitrogens with zero attached hydrogens (tertiary/aromatic N) is 2. The van der Waals surface area contributed by atoms with Gasteiger partial charge in [-0.3, -0.25) is 10.1 Å². The molecule has 0 saturated carbocycles. The van der Waals surface area contributed by atoms with Gasteiger partial charge >= 0.3 is 6.03 Å². The Hall–Kier alpha value is -3.73. The molecule has 4 rings (SSSR count). The molecule has 2 aromatic heterocycles. The third-order valence-electron chi connectivity index (χ3n) is 4.94. The first kappa shape index (κ1) is 21.5. The van der Waals surface area contributed by atoms with Crippen molar-refractivity contribution in [2.75, 3.05) is 38.5 Å². The average Bonchev–Trinajstić information content (AvgIpc) is 3.47. The van der Waals surface area contributed by atoms with Gasteiger partial charge in [0.2, 0.25) is 5.75 Å². The Kier molecular flexibility index (Phi) is 6.17. The molecule has 0 spiro atoms. The molecule has 0 unspecified atom stereocenters. The van der Waals surface area contributed by atoms with E-state index in [4.69, 9.17) is 18.6 Å². The van der Waals surface area contributed by atoms with E-state index >= 15 is 0 Å². The molecule has 10 nitrogen and oxygen atoms in total. The fourth-order valence-corrected chi connectivity index (χ4v) is 4.36. The molecule has 168 valence electrons. The Bertz CT molecular complexity index is 1100. The van der Waals surface area contributed by atoms with Gasteiger partial charge in [0, 0.05) is 30.0 Å². The molecule has 0 bridgehead atoms. The maximum absolute atomic E-state index is 12.9. The summed E-state index contributed by atoms with van der Waals surface area (Å²) in [6.07, 6.45) is 3.40. The van der Waals surface area contributed by atoms with E-state index in [0.29, 0.717) is 53.1 Å². The molecule has 1 aliphatic heterocycles. The van der Waals surface area contributed by atoms with Crippen LogP contribution in [-0.4, -0.2) is 49.7 Å². The summed E-state index contributed by atoms with van der Waals surface area (Å²) in [6.45, 7) is 0.896. The highest BCUT2D eigenvalue weighted by molar-refractivity contribution is 7.15. The molecule has 1 aromatic carbocycles. The summed E-state index contributed by atoms with van der Waals surface area (Å²) in [5.41, 5.74) is 1.83. The number of hydrogen-bond donors (Lipinski definition) is 2. The van der Waals surface area contributed by atoms with E-state index in [2.05, 4.69) is 15.6 Å². The summed E-state index contributed by atoms with van der Waals surface area (Å²) in [6, 6.07) is 4.66. The van der Waals surface area contributed by atoms with Gasteiger partial charge in [-0.15, -0.1) is 0 Å². The molecule has 1 aliphatic rings. The van der Waals surface area contributed by atoms with Crippen molar-refractivity contribution < 1.29 is 28.2 Å². The summed E-state index contributed by atoms with van der Waals surface area (Å²) in [7, 11) is 4.55. The van der Waals surface area contributed by atoms with Gasteiger partial charge in [0.15, 0.2) is 16.6 Å². The average molecular weight is 458 g/mol. The third-order valence-corrected chi connectivity index (χ3v) is 5.94. The lowest BCUT2D eigenvalue weighted by molar-refractivity contribution is 0.102. The maximum Gasteiger partial charge on any atom is 0.322 e. The molecule has 2 N–H and O–H groups in total. The van der Waals surface area contributed by atoms with Crippen LogP contribution in [0.15, 0.2) is 35.1 Å². The van der Waals surface area contributed by atoms with Crippen LogP contribution in [0.2, 0.25) is 0 Å². The number of rotatable bonds is 6. The Morgan fingerprint density at radius 2 is 1.88 bits per heavy atom. The second-order valence-electron chi connectivity index (χ2n) is 6.87. The number of hydrogen-bond acceptors (Lipinski definition) is 8. The largest absolute Gasteiger partial charge is 0.493 e. The highest BCUT2D eigenvalue weighted by Crippen LogP contribution is 2.40. The molecule has 3 aromatic rings. The van der Waals surface area contributed by atoms with Gasteiger partial charge in [-0.1, -0.05) is 11.3 Å². The molecule has 3 heterocycles. The zero-order valence-corrected chi connectivity index (χ0v) is 18.6. The minimum Gasteiger partial charge on any atom is -0.493 e. The van der Waals surface area contributed by atoms with Gasteiger partial charge in [0.05, 0.1) is 51.1 Å². The van der Waals surface area contributed by atoms with E-state index in [1.807, 2.05) is 0 Å². The van der Waals surface area contributed by atoms with E-state index in [0.717, 1.165) is 10.6 Å². The molecule has 3 amide bonds. The Balaban J connectivity index is 1.44. The second-order valence-corrected chi connectivity index (χ2v) is 7.95. The minimum atomic E-state index is -0.290. The van der Waals surface area contributed by atoms with Gasteiger partial charge < -0.3 is 28.8 Å². The van der Waals surface area contributed by atoms with E-state index < -0.39 is 0 Å². The SMILES string of the molecule is COc1cc(NC(=O)N2CCc3nc(NC(=O)c4ccoc4)sc3C2)cc(OC)c1OC. The summed E-state index contributed by atoms with van der Waals surface area (Å²) >= 11 is 1.35. The van der Waals surface area contributed by atoms with Gasteiger partial charge in [-0.05, 0) is 6.07 Å². The Morgan fingerprint density at radius 3 is 2.50 bits per heavy atom. The van der Waals surface area contributed by atoms with E-state index in [1.54, 1.807) is 23.1 Å². The zero-order chi connectivity index (χ0) is 22.7. The second kappa shape index (κ2) is 9.18. The molecule has 32 heavy (non-hydrogen) atoms. The molecule has 0 fully saturated rings. The van der Waals surface area contributed by atoms with E-state index in [-0.39, 0.29) is 11.9 Å². The van der Waals surface area contributed by atoms with Crippen LogP contribution < -0.4 is 24.8 Å². The number of ether oxygens (including phenoxy) is 3. The van der Waals surface area contributed by atoms with Crippen molar-refractivity contribution in [3.63, 3.8) is 0 Å². The van der Waals surface area contributed by atoms with Crippen molar-refractivity contribution in [2.45, 2.75) is 13.0 Å². The monoisotopic (exact) mass is 458 g/mol. The predicted molar refractivity (Wildman–Crippen MR) is 118 cm³/mol. The number of methoxy groups -OCH3 is 3. The third kappa shape index (κ3) is 4.33. The van der Waals surface area contributed by atoms with Crippen LogP contribution >= 0.6 is 11.3 Å². The number of carbonyl (C=O) groups excluding carboxylic acids is 2. The van der Waals surface area contributed by atoms with Crippen LogP contribution in [-0.2, 0) is 13.0 Å². The van der Waals surface area contributed by atoms with Crippen LogP contribution in [0.5, 0.6) is 17.2 Å². The lowest BCUT2D eigenvalue weighted by Gasteiger charge is -2.26. The van der Waals surface area contributed by atoms with E-state index in [1.165, 1.54) is 45.2 Å². The molecular weight excluding hydrogens is 436 g/mol. The highest BCUT2D eigenvalue weighted by atomic mass is 32.1. The number of fused-ring (bicyclic) bond motifs is 1. The van der Waals surface area contributed by atoms with Crippen molar-refractivity contribution in [3.8, 4) is 17.2 Å². The van der Waals surface area contributed by atoms with Crippen molar-refractivity contribution >= 4 is 34.1 Å². The number of anilines is 2. The number of carbonyl (C=O) groups is 2. The number of nitrogens with one attached hydrogen (secondary N) is 2. The van der Waals surface area contributed by atoms with E-state index in [9.17, 15) is 9.59 Å². The lowest BCUT2D eigenvalue weighted by Crippen LogP contribution is -2.38. The minimum absolute atomic E-state index is 0.262. The molecule has 0 radical (unpaired) electrons. The summed E-state index contributed by atoms with van der Waals surface area (Å²) in [5, 5.41) is 6.14. The van der Waals surface area contributed by atoms with Crippen LogP contribution in [0.3, 0.4) is 0 Å². The first-order valence-electron chi connectivity index (χ1n) is 9.70. The van der Waals surface area contributed by atoms with Crippen LogP contribution in [0, 0.1) is 0 Å². The Labute approximate surface area is 188 Å².